The highest BCUT2D eigenvalue weighted by molar-refractivity contribution is 7.90. The molecule has 0 aliphatic carbocycles. The fourth-order valence-electron chi connectivity index (χ4n) is 3.87. The van der Waals surface area contributed by atoms with Crippen LogP contribution in [0.15, 0.2) is 35.6 Å². The summed E-state index contributed by atoms with van der Waals surface area (Å²) in [6.07, 6.45) is 3.05. The van der Waals surface area contributed by atoms with Gasteiger partial charge in [0.1, 0.15) is 5.82 Å². The summed E-state index contributed by atoms with van der Waals surface area (Å²) in [7, 11) is -2.39. The lowest BCUT2D eigenvalue weighted by Crippen LogP contribution is -2.37. The predicted octanol–water partition coefficient (Wildman–Crippen LogP) is 2.81. The maximum atomic E-state index is 14.2. The van der Waals surface area contributed by atoms with Gasteiger partial charge in [-0.05, 0) is 18.9 Å². The average molecular weight is 482 g/mol. The highest BCUT2D eigenvalue weighted by Crippen LogP contribution is 2.23. The van der Waals surface area contributed by atoms with E-state index in [-0.39, 0.29) is 35.2 Å². The molecule has 1 atom stereocenters. The number of hydrogen-bond acceptors (Lipinski definition) is 6. The molecule has 0 unspecified atom stereocenters. The minimum Gasteiger partial charge on any atom is -0.383 e. The van der Waals surface area contributed by atoms with E-state index in [0.717, 1.165) is 12.8 Å². The van der Waals surface area contributed by atoms with Crippen LogP contribution in [0.5, 0.6) is 0 Å². The van der Waals surface area contributed by atoms with Crippen molar-refractivity contribution in [3.8, 4) is 0 Å². The van der Waals surface area contributed by atoms with Crippen LogP contribution in [0.1, 0.15) is 37.9 Å². The first-order valence-electron chi connectivity index (χ1n) is 11.1. The second-order valence-corrected chi connectivity index (χ2v) is 10.4. The number of aromatic nitrogens is 2. The van der Waals surface area contributed by atoms with Gasteiger partial charge in [0.2, 0.25) is 20.9 Å². The molecular weight excluding hydrogens is 449 g/mol. The lowest BCUT2D eigenvalue weighted by Gasteiger charge is -2.25. The molecule has 1 aromatic heterocycles. The van der Waals surface area contributed by atoms with Gasteiger partial charge in [-0.25, -0.2) is 17.8 Å². The zero-order chi connectivity index (χ0) is 24.0. The van der Waals surface area contributed by atoms with Crippen molar-refractivity contribution < 1.29 is 27.1 Å². The van der Waals surface area contributed by atoms with Crippen LogP contribution in [0.3, 0.4) is 0 Å². The molecule has 8 nitrogen and oxygen atoms in total. The lowest BCUT2D eigenvalue weighted by atomic mass is 10.2. The van der Waals surface area contributed by atoms with Crippen LogP contribution < -0.4 is 0 Å². The maximum Gasteiger partial charge on any atom is 0.228 e. The van der Waals surface area contributed by atoms with E-state index in [9.17, 15) is 17.6 Å². The van der Waals surface area contributed by atoms with Crippen molar-refractivity contribution in [3.63, 3.8) is 0 Å². The highest BCUT2D eigenvalue weighted by Gasteiger charge is 2.29. The third kappa shape index (κ3) is 6.39. The highest BCUT2D eigenvalue weighted by atomic mass is 32.2. The summed E-state index contributed by atoms with van der Waals surface area (Å²) in [6, 6.07) is 5.81. The van der Waals surface area contributed by atoms with E-state index in [2.05, 4.69) is 4.98 Å². The first kappa shape index (κ1) is 25.3. The number of imidazole rings is 1. The van der Waals surface area contributed by atoms with Gasteiger partial charge in [-0.1, -0.05) is 32.0 Å². The number of nitrogens with zero attached hydrogens (tertiary/aromatic N) is 3. The minimum atomic E-state index is -3.95. The molecule has 0 spiro atoms. The fraction of sp³-hybridized carbons (Fsp3) is 0.565. The van der Waals surface area contributed by atoms with Crippen LogP contribution in [0.2, 0.25) is 0 Å². The summed E-state index contributed by atoms with van der Waals surface area (Å²) in [5, 5.41) is -0.139. The molecule has 0 saturated carbocycles. The van der Waals surface area contributed by atoms with E-state index in [1.807, 2.05) is 13.8 Å². The standard InChI is InChI=1S/C23H32FN3O5S/c1-17(2)22(28)26(10-12-31-3)14-19-13-25-23(27(19)15-20-8-6-11-32-20)33(29,30)16-18-7-4-5-9-21(18)24/h4-5,7,9,13,17,20H,6,8,10-12,14-16H2,1-3H3/t20-/m0/s1. The number of hydrogen-bond donors (Lipinski definition) is 0. The molecule has 1 aromatic carbocycles. The number of carbonyl (C=O) groups is 1. The molecule has 33 heavy (non-hydrogen) atoms. The summed E-state index contributed by atoms with van der Waals surface area (Å²) in [4.78, 5) is 18.6. The Morgan fingerprint density at radius 1 is 1.36 bits per heavy atom. The van der Waals surface area contributed by atoms with Crippen molar-refractivity contribution in [1.29, 1.82) is 0 Å². The van der Waals surface area contributed by atoms with Gasteiger partial charge in [-0.15, -0.1) is 0 Å². The SMILES string of the molecule is COCCN(Cc1cnc(S(=O)(=O)Cc2ccccc2F)n1C[C@@H]1CCCO1)C(=O)C(C)C. The van der Waals surface area contributed by atoms with Crippen LogP contribution in [0.25, 0.3) is 0 Å². The van der Waals surface area contributed by atoms with E-state index in [1.165, 1.54) is 24.4 Å². The lowest BCUT2D eigenvalue weighted by molar-refractivity contribution is -0.135. The molecule has 2 heterocycles. The zero-order valence-corrected chi connectivity index (χ0v) is 20.2. The number of amides is 1. The van der Waals surface area contributed by atoms with Crippen molar-refractivity contribution in [1.82, 2.24) is 14.5 Å². The van der Waals surface area contributed by atoms with Gasteiger partial charge in [0.25, 0.3) is 0 Å². The first-order valence-corrected chi connectivity index (χ1v) is 12.8. The van der Waals surface area contributed by atoms with Gasteiger partial charge in [0.15, 0.2) is 0 Å². The number of rotatable bonds is 11. The summed E-state index contributed by atoms with van der Waals surface area (Å²) >= 11 is 0. The third-order valence-corrected chi connectivity index (χ3v) is 7.19. The number of ether oxygens (including phenoxy) is 2. The Balaban J connectivity index is 1.95. The average Bonchev–Trinajstić information content (AvgIpc) is 3.43. The number of methoxy groups -OCH3 is 1. The number of carbonyl (C=O) groups excluding carboxylic acids is 1. The van der Waals surface area contributed by atoms with E-state index in [1.54, 1.807) is 22.6 Å². The van der Waals surface area contributed by atoms with Crippen LogP contribution >= 0.6 is 0 Å². The maximum absolute atomic E-state index is 14.2. The van der Waals surface area contributed by atoms with Gasteiger partial charge in [0.05, 0.1) is 43.4 Å². The molecule has 182 valence electrons. The van der Waals surface area contributed by atoms with E-state index < -0.39 is 21.4 Å². The molecule has 0 radical (unpaired) electrons. The summed E-state index contributed by atoms with van der Waals surface area (Å²) in [5.41, 5.74) is 0.671. The molecule has 1 amide bonds. The summed E-state index contributed by atoms with van der Waals surface area (Å²) in [5.74, 6) is -1.36. The minimum absolute atomic E-state index is 0.0623. The Bertz CT molecular complexity index is 1050. The Morgan fingerprint density at radius 2 is 2.12 bits per heavy atom. The van der Waals surface area contributed by atoms with Gasteiger partial charge < -0.3 is 18.9 Å². The van der Waals surface area contributed by atoms with Gasteiger partial charge in [0, 0.05) is 31.7 Å². The van der Waals surface area contributed by atoms with Crippen molar-refractivity contribution in [3.05, 3.63) is 47.5 Å². The van der Waals surface area contributed by atoms with E-state index in [4.69, 9.17) is 9.47 Å². The monoisotopic (exact) mass is 481 g/mol. The smallest absolute Gasteiger partial charge is 0.228 e. The largest absolute Gasteiger partial charge is 0.383 e. The zero-order valence-electron chi connectivity index (χ0n) is 19.4. The van der Waals surface area contributed by atoms with Crippen LogP contribution in [-0.2, 0) is 42.9 Å². The Morgan fingerprint density at radius 3 is 2.76 bits per heavy atom. The molecule has 10 heteroatoms. The van der Waals surface area contributed by atoms with E-state index >= 15 is 0 Å². The molecular formula is C23H32FN3O5S. The van der Waals surface area contributed by atoms with Crippen LogP contribution in [0.4, 0.5) is 4.39 Å². The first-order chi connectivity index (χ1) is 15.7. The van der Waals surface area contributed by atoms with Crippen molar-refractivity contribution >= 4 is 15.7 Å². The van der Waals surface area contributed by atoms with Crippen LogP contribution in [0, 0.1) is 11.7 Å². The topological polar surface area (TPSA) is 90.7 Å². The normalized spacial score (nSPS) is 16.5. The molecule has 1 aliphatic rings. The summed E-state index contributed by atoms with van der Waals surface area (Å²) < 4.78 is 53.2. The quantitative estimate of drug-likeness (QED) is 0.490. The third-order valence-electron chi connectivity index (χ3n) is 5.62. The van der Waals surface area contributed by atoms with Gasteiger partial charge in [-0.2, -0.15) is 0 Å². The fourth-order valence-corrected chi connectivity index (χ4v) is 5.38. The molecule has 0 N–H and O–H groups in total. The second-order valence-electron chi connectivity index (χ2n) is 8.54. The number of halogens is 1. The second kappa shape index (κ2) is 11.2. The van der Waals surface area contributed by atoms with Crippen LogP contribution in [-0.4, -0.2) is 61.7 Å². The number of sulfone groups is 1. The Labute approximate surface area is 194 Å². The number of benzene rings is 1. The van der Waals surface area contributed by atoms with Crippen molar-refractivity contribution in [2.24, 2.45) is 5.92 Å². The Kier molecular flexibility index (Phi) is 8.61. The molecule has 1 saturated heterocycles. The molecule has 0 bridgehead atoms. The molecule has 1 aliphatic heterocycles. The molecule has 2 aromatic rings. The Hall–Kier alpha value is -2.30. The predicted molar refractivity (Wildman–Crippen MR) is 121 cm³/mol. The van der Waals surface area contributed by atoms with Gasteiger partial charge in [-0.3, -0.25) is 4.79 Å². The van der Waals surface area contributed by atoms with Crippen molar-refractivity contribution in [2.75, 3.05) is 26.9 Å². The molecule has 1 fully saturated rings. The summed E-state index contributed by atoms with van der Waals surface area (Å²) in [6.45, 7) is 5.47. The van der Waals surface area contributed by atoms with E-state index in [0.29, 0.717) is 32.0 Å². The van der Waals surface area contributed by atoms with Gasteiger partial charge >= 0.3 is 0 Å². The molecule has 3 rings (SSSR count). The van der Waals surface area contributed by atoms with Crippen molar-refractivity contribution in [2.45, 2.75) is 56.8 Å².